The molecule has 15 heteroatoms. The molecule has 7 rings (SSSR count). The Hall–Kier alpha value is -4.37. The van der Waals surface area contributed by atoms with E-state index in [-0.39, 0.29) is 23.3 Å². The lowest BCUT2D eigenvalue weighted by atomic mass is 9.69. The van der Waals surface area contributed by atoms with Crippen molar-refractivity contribution in [3.63, 3.8) is 0 Å². The number of piperazine rings is 1. The van der Waals surface area contributed by atoms with Gasteiger partial charge in [-0.1, -0.05) is 6.42 Å². The third-order valence-electron chi connectivity index (χ3n) is 10.5. The molecule has 0 unspecified atom stereocenters. The summed E-state index contributed by atoms with van der Waals surface area (Å²) in [4.78, 5) is 44.9. The molecule has 1 N–H and O–H groups in total. The zero-order valence-electron chi connectivity index (χ0n) is 30.2. The standard InChI is InChI=1S/C37H46F3N9O3/c1-5-52-32(50)9-12-48-13-14-49(23(2)20-48)31-19-41-28(18-42-31)34-45-33-29(47(3)21-36(22-51-4)10-6-11-36)17-27(44-35(33)46-34)25-15-26(24-7-8-24)43-30(16-25)37(38,39)40/h15-19,23-24H,5-14,20-22H2,1-4H3,(H,44,45,46)/t23-/m1/s1. The molecule has 52 heavy (non-hydrogen) atoms. The van der Waals surface area contributed by atoms with Gasteiger partial charge < -0.3 is 24.3 Å². The van der Waals surface area contributed by atoms with Crippen molar-refractivity contribution in [3.8, 4) is 22.8 Å². The number of carbonyl (C=O) groups excluding carboxylic acids is 1. The minimum absolute atomic E-state index is 0.00775. The molecule has 12 nitrogen and oxygen atoms in total. The highest BCUT2D eigenvalue weighted by atomic mass is 19.4. The average Bonchev–Trinajstić information content (AvgIpc) is 3.87. The van der Waals surface area contributed by atoms with Gasteiger partial charge in [0.2, 0.25) is 0 Å². The smallest absolute Gasteiger partial charge is 0.433 e. The summed E-state index contributed by atoms with van der Waals surface area (Å²) in [6, 6.07) is 4.83. The van der Waals surface area contributed by atoms with Crippen LogP contribution in [0.4, 0.5) is 24.7 Å². The Bertz CT molecular complexity index is 1890. The van der Waals surface area contributed by atoms with E-state index in [2.05, 4.69) is 31.6 Å². The monoisotopic (exact) mass is 721 g/mol. The van der Waals surface area contributed by atoms with E-state index < -0.39 is 11.9 Å². The molecule has 3 fully saturated rings. The number of esters is 1. The van der Waals surface area contributed by atoms with E-state index in [0.717, 1.165) is 69.3 Å². The number of methoxy groups -OCH3 is 1. The summed E-state index contributed by atoms with van der Waals surface area (Å²) in [6.07, 6.45) is 4.05. The maximum atomic E-state index is 14.0. The molecule has 0 bridgehead atoms. The first kappa shape index (κ1) is 36.0. The van der Waals surface area contributed by atoms with Crippen LogP contribution in [0.5, 0.6) is 0 Å². The van der Waals surface area contributed by atoms with Crippen LogP contribution in [0.15, 0.2) is 30.6 Å². The van der Waals surface area contributed by atoms with Crippen molar-refractivity contribution in [2.75, 3.05) is 69.9 Å². The molecule has 4 aromatic rings. The lowest BCUT2D eigenvalue weighted by Crippen LogP contribution is -2.52. The predicted molar refractivity (Wildman–Crippen MR) is 191 cm³/mol. The zero-order chi connectivity index (χ0) is 36.6. The van der Waals surface area contributed by atoms with Crippen LogP contribution < -0.4 is 9.80 Å². The summed E-state index contributed by atoms with van der Waals surface area (Å²) < 4.78 is 52.7. The molecule has 1 saturated heterocycles. The van der Waals surface area contributed by atoms with Crippen LogP contribution in [0.3, 0.4) is 0 Å². The highest BCUT2D eigenvalue weighted by Gasteiger charge is 2.39. The maximum absolute atomic E-state index is 14.0. The van der Waals surface area contributed by atoms with E-state index in [4.69, 9.17) is 29.4 Å². The molecule has 0 aromatic carbocycles. The summed E-state index contributed by atoms with van der Waals surface area (Å²) in [6.45, 7) is 8.61. The van der Waals surface area contributed by atoms with Gasteiger partial charge in [0.05, 0.1) is 43.4 Å². The third-order valence-corrected chi connectivity index (χ3v) is 10.5. The number of H-pyrrole nitrogens is 1. The number of nitrogens with zero attached hydrogens (tertiary/aromatic N) is 8. The number of hydrogen-bond acceptors (Lipinski definition) is 11. The third kappa shape index (κ3) is 7.70. The number of pyridine rings is 2. The highest BCUT2D eigenvalue weighted by Crippen LogP contribution is 2.44. The number of ether oxygens (including phenoxy) is 2. The first-order valence-corrected chi connectivity index (χ1v) is 18.1. The number of fused-ring (bicyclic) bond motifs is 1. The Morgan fingerprint density at radius 3 is 2.52 bits per heavy atom. The minimum atomic E-state index is -4.58. The number of nitrogens with one attached hydrogen (secondary N) is 1. The lowest BCUT2D eigenvalue weighted by molar-refractivity contribution is -0.143. The molecule has 0 radical (unpaired) electrons. The Morgan fingerprint density at radius 1 is 1.08 bits per heavy atom. The van der Waals surface area contributed by atoms with Crippen LogP contribution in [-0.4, -0.2) is 107 Å². The van der Waals surface area contributed by atoms with Gasteiger partial charge in [0.15, 0.2) is 11.5 Å². The maximum Gasteiger partial charge on any atom is 0.433 e. The topological polar surface area (TPSA) is 125 Å². The summed E-state index contributed by atoms with van der Waals surface area (Å²) >= 11 is 0. The van der Waals surface area contributed by atoms with E-state index in [0.29, 0.717) is 72.4 Å². The summed E-state index contributed by atoms with van der Waals surface area (Å²) in [5, 5.41) is 0. The summed E-state index contributed by atoms with van der Waals surface area (Å²) in [5.74, 6) is 1.05. The van der Waals surface area contributed by atoms with Gasteiger partial charge >= 0.3 is 12.1 Å². The van der Waals surface area contributed by atoms with E-state index in [1.54, 1.807) is 25.6 Å². The van der Waals surface area contributed by atoms with Crippen LogP contribution in [0.1, 0.15) is 69.7 Å². The number of anilines is 2. The van der Waals surface area contributed by atoms with E-state index in [1.165, 1.54) is 0 Å². The fraction of sp³-hybridized carbons (Fsp3) is 0.568. The quantitative estimate of drug-likeness (QED) is 0.161. The van der Waals surface area contributed by atoms with Gasteiger partial charge in [-0.15, -0.1) is 0 Å². The first-order chi connectivity index (χ1) is 24.9. The van der Waals surface area contributed by atoms with Gasteiger partial charge in [0, 0.05) is 75.5 Å². The van der Waals surface area contributed by atoms with Crippen LogP contribution >= 0.6 is 0 Å². The van der Waals surface area contributed by atoms with Crippen LogP contribution in [0.25, 0.3) is 33.9 Å². The molecule has 1 aliphatic heterocycles. The molecule has 1 atom stereocenters. The molecule has 0 amide bonds. The van der Waals surface area contributed by atoms with Crippen LogP contribution in [0.2, 0.25) is 0 Å². The van der Waals surface area contributed by atoms with Gasteiger partial charge in [-0.05, 0) is 57.7 Å². The van der Waals surface area contributed by atoms with Crippen molar-refractivity contribution >= 4 is 28.6 Å². The van der Waals surface area contributed by atoms with Gasteiger partial charge in [-0.25, -0.2) is 24.9 Å². The number of alkyl halides is 3. The second kappa shape index (κ2) is 14.6. The molecule has 5 heterocycles. The Balaban J connectivity index is 1.18. The highest BCUT2D eigenvalue weighted by molar-refractivity contribution is 5.91. The van der Waals surface area contributed by atoms with Crippen molar-refractivity contribution in [2.45, 2.75) is 70.5 Å². The Kier molecular flexibility index (Phi) is 10.1. The van der Waals surface area contributed by atoms with E-state index in [9.17, 15) is 18.0 Å². The minimum Gasteiger partial charge on any atom is -0.466 e. The summed E-state index contributed by atoms with van der Waals surface area (Å²) in [7, 11) is 3.70. The van der Waals surface area contributed by atoms with Crippen molar-refractivity contribution < 1.29 is 27.4 Å². The Labute approximate surface area is 301 Å². The second-order valence-electron chi connectivity index (χ2n) is 14.5. The molecule has 2 aliphatic carbocycles. The molecule has 2 saturated carbocycles. The number of carbonyl (C=O) groups is 1. The number of halogens is 3. The molecule has 278 valence electrons. The van der Waals surface area contributed by atoms with E-state index >= 15 is 0 Å². The largest absolute Gasteiger partial charge is 0.466 e. The first-order valence-electron chi connectivity index (χ1n) is 18.1. The van der Waals surface area contributed by atoms with Gasteiger partial charge in [-0.3, -0.25) is 9.69 Å². The van der Waals surface area contributed by atoms with Gasteiger partial charge in [-0.2, -0.15) is 13.2 Å². The molecule has 3 aliphatic rings. The van der Waals surface area contributed by atoms with Crippen LogP contribution in [0, 0.1) is 5.41 Å². The average molecular weight is 722 g/mol. The number of rotatable bonds is 13. The fourth-order valence-corrected chi connectivity index (χ4v) is 7.55. The molecule has 4 aromatic heterocycles. The molecular formula is C37H46F3N9O3. The number of aromatic amines is 1. The fourth-order valence-electron chi connectivity index (χ4n) is 7.55. The molecular weight excluding hydrogens is 675 g/mol. The lowest BCUT2D eigenvalue weighted by Gasteiger charge is -2.44. The predicted octanol–water partition coefficient (Wildman–Crippen LogP) is 6.09. The zero-order valence-corrected chi connectivity index (χ0v) is 30.2. The summed E-state index contributed by atoms with van der Waals surface area (Å²) in [5.41, 5.74) is 2.62. The normalized spacial score (nSPS) is 19.1. The second-order valence-corrected chi connectivity index (χ2v) is 14.5. The van der Waals surface area contributed by atoms with Gasteiger partial charge in [0.25, 0.3) is 0 Å². The SMILES string of the molecule is CCOC(=O)CCN1CCN(c2cnc(-c3nc4nc(-c5cc(C6CC6)nc(C(F)(F)F)c5)cc(N(C)CC5(COC)CCC5)c4[nH]3)cn2)[C@H](C)C1. The van der Waals surface area contributed by atoms with Gasteiger partial charge in [0.1, 0.15) is 22.7 Å². The number of hydrogen-bond donors (Lipinski definition) is 1. The molecule has 0 spiro atoms. The van der Waals surface area contributed by atoms with Crippen molar-refractivity contribution in [2.24, 2.45) is 5.41 Å². The number of aromatic nitrogens is 6. The van der Waals surface area contributed by atoms with Crippen LogP contribution in [-0.2, 0) is 20.4 Å². The van der Waals surface area contributed by atoms with E-state index in [1.807, 2.05) is 20.0 Å². The van der Waals surface area contributed by atoms with Crippen molar-refractivity contribution in [1.29, 1.82) is 0 Å². The van der Waals surface area contributed by atoms with Crippen molar-refractivity contribution in [3.05, 3.63) is 42.0 Å². The van der Waals surface area contributed by atoms with Crippen molar-refractivity contribution in [1.82, 2.24) is 34.8 Å². The number of imidazole rings is 1. The Morgan fingerprint density at radius 2 is 1.88 bits per heavy atom.